The van der Waals surface area contributed by atoms with Crippen LogP contribution in [0.25, 0.3) is 22.2 Å². The van der Waals surface area contributed by atoms with E-state index in [4.69, 9.17) is 21.4 Å². The van der Waals surface area contributed by atoms with Crippen LogP contribution < -0.4 is 5.32 Å². The van der Waals surface area contributed by atoms with Crippen LogP contribution in [0.1, 0.15) is 11.8 Å². The molecule has 150 valence electrons. The van der Waals surface area contributed by atoms with E-state index in [0.29, 0.717) is 11.9 Å². The van der Waals surface area contributed by atoms with Gasteiger partial charge in [0.2, 0.25) is 0 Å². The smallest absolute Gasteiger partial charge is 0.140 e. The molecule has 3 aromatic rings. The quantitative estimate of drug-likeness (QED) is 0.247. The molecule has 1 aromatic carbocycles. The molecule has 0 amide bonds. The molecule has 0 aliphatic carbocycles. The average Bonchev–Trinajstić information content (AvgIpc) is 3.01. The number of aliphatic hydroxyl groups is 1. The number of pyridine rings is 1. The first-order valence-corrected chi connectivity index (χ1v) is 13.4. The summed E-state index contributed by atoms with van der Waals surface area (Å²) in [6, 6.07) is 10.6. The van der Waals surface area contributed by atoms with E-state index in [-0.39, 0.29) is 0 Å². The number of aromatic nitrogens is 3. The number of halogens is 1. The van der Waals surface area contributed by atoms with Crippen molar-refractivity contribution in [3.63, 3.8) is 0 Å². The third-order valence-corrected chi connectivity index (χ3v) is 6.50. The standard InChI is InChI=1S/C20H27ClN4O2Si/c1-22-20(26)15-7-5-14(6-8-15)19-16-11-18(21)23-12-17(16)25(24-19)13-27-9-10-28(2,3)4/h5-8,11-12,20,22,26H,9-10,13H2,1-4H3. The van der Waals surface area contributed by atoms with Crippen molar-refractivity contribution in [2.45, 2.75) is 38.6 Å². The highest BCUT2D eigenvalue weighted by Crippen LogP contribution is 2.30. The molecule has 1 unspecified atom stereocenters. The van der Waals surface area contributed by atoms with Gasteiger partial charge in [-0.05, 0) is 24.7 Å². The third kappa shape index (κ3) is 4.98. The van der Waals surface area contributed by atoms with E-state index in [0.717, 1.165) is 40.4 Å². The maximum atomic E-state index is 9.91. The molecule has 0 fully saturated rings. The molecule has 0 aliphatic rings. The first-order chi connectivity index (χ1) is 13.3. The Bertz CT molecular complexity index is 938. The summed E-state index contributed by atoms with van der Waals surface area (Å²) in [5.41, 5.74) is 3.44. The molecular formula is C20H27ClN4O2Si. The molecule has 2 aromatic heterocycles. The molecule has 0 saturated carbocycles. The van der Waals surface area contributed by atoms with E-state index < -0.39 is 14.3 Å². The second-order valence-corrected chi connectivity index (χ2v) is 14.0. The van der Waals surface area contributed by atoms with Crippen LogP contribution in [0.2, 0.25) is 30.8 Å². The van der Waals surface area contributed by atoms with Gasteiger partial charge in [0.1, 0.15) is 23.8 Å². The Morgan fingerprint density at radius 1 is 1.25 bits per heavy atom. The Balaban J connectivity index is 1.89. The predicted octanol–water partition coefficient (Wildman–Crippen LogP) is 4.27. The minimum atomic E-state index is -1.13. The molecule has 8 heteroatoms. The highest BCUT2D eigenvalue weighted by Gasteiger charge is 2.16. The number of aliphatic hydroxyl groups excluding tert-OH is 1. The molecule has 1 atom stereocenters. The van der Waals surface area contributed by atoms with E-state index in [2.05, 4.69) is 29.9 Å². The van der Waals surface area contributed by atoms with Crippen LogP contribution in [0.15, 0.2) is 36.5 Å². The number of benzene rings is 1. The van der Waals surface area contributed by atoms with Gasteiger partial charge < -0.3 is 9.84 Å². The molecule has 2 heterocycles. The lowest BCUT2D eigenvalue weighted by Crippen LogP contribution is -2.22. The van der Waals surface area contributed by atoms with Crippen LogP contribution in [0.4, 0.5) is 0 Å². The summed E-state index contributed by atoms with van der Waals surface area (Å²) in [5, 5.41) is 18.8. The van der Waals surface area contributed by atoms with E-state index in [9.17, 15) is 5.11 Å². The SMILES string of the molecule is CNC(O)c1ccc(-c2nn(COCC[Si](C)(C)C)c3cnc(Cl)cc23)cc1. The number of fused-ring (bicyclic) bond motifs is 1. The van der Waals surface area contributed by atoms with Crippen molar-refractivity contribution in [1.29, 1.82) is 0 Å². The first-order valence-electron chi connectivity index (χ1n) is 9.34. The van der Waals surface area contributed by atoms with Crippen molar-refractivity contribution in [3.05, 3.63) is 47.2 Å². The van der Waals surface area contributed by atoms with Gasteiger partial charge in [0, 0.05) is 25.6 Å². The van der Waals surface area contributed by atoms with Gasteiger partial charge in [-0.25, -0.2) is 9.67 Å². The summed E-state index contributed by atoms with van der Waals surface area (Å²) in [5.74, 6) is 0. The Morgan fingerprint density at radius 3 is 2.61 bits per heavy atom. The minimum Gasteiger partial charge on any atom is -0.374 e. The second kappa shape index (κ2) is 8.71. The number of hydrogen-bond acceptors (Lipinski definition) is 5. The molecule has 0 spiro atoms. The van der Waals surface area contributed by atoms with Crippen LogP contribution in [0.3, 0.4) is 0 Å². The first kappa shape index (κ1) is 20.9. The molecule has 0 saturated heterocycles. The zero-order valence-electron chi connectivity index (χ0n) is 16.7. The van der Waals surface area contributed by atoms with E-state index in [1.807, 2.05) is 35.0 Å². The third-order valence-electron chi connectivity index (χ3n) is 4.59. The maximum absolute atomic E-state index is 9.91. The average molecular weight is 419 g/mol. The van der Waals surface area contributed by atoms with Crippen molar-refractivity contribution in [2.24, 2.45) is 0 Å². The molecule has 2 N–H and O–H groups in total. The van der Waals surface area contributed by atoms with Crippen LogP contribution in [-0.2, 0) is 11.5 Å². The summed E-state index contributed by atoms with van der Waals surface area (Å²) < 4.78 is 7.71. The maximum Gasteiger partial charge on any atom is 0.140 e. The van der Waals surface area contributed by atoms with Crippen LogP contribution in [0, 0.1) is 0 Å². The molecule has 28 heavy (non-hydrogen) atoms. The van der Waals surface area contributed by atoms with Crippen molar-refractivity contribution in [3.8, 4) is 11.3 Å². The molecule has 0 bridgehead atoms. The Morgan fingerprint density at radius 2 is 1.96 bits per heavy atom. The van der Waals surface area contributed by atoms with Crippen LogP contribution >= 0.6 is 11.6 Å². The number of nitrogens with one attached hydrogen (secondary N) is 1. The monoisotopic (exact) mass is 418 g/mol. The summed E-state index contributed by atoms with van der Waals surface area (Å²) >= 11 is 6.13. The zero-order chi connectivity index (χ0) is 20.3. The Hall–Kier alpha value is -1.77. The van der Waals surface area contributed by atoms with Gasteiger partial charge in [-0.2, -0.15) is 5.10 Å². The van der Waals surface area contributed by atoms with Gasteiger partial charge in [0.25, 0.3) is 0 Å². The van der Waals surface area contributed by atoms with Gasteiger partial charge in [0.15, 0.2) is 0 Å². The lowest BCUT2D eigenvalue weighted by molar-refractivity contribution is 0.0818. The predicted molar refractivity (Wildman–Crippen MR) is 116 cm³/mol. The molecule has 0 aliphatic heterocycles. The number of ether oxygens (including phenoxy) is 1. The van der Waals surface area contributed by atoms with E-state index in [1.54, 1.807) is 13.2 Å². The normalized spacial score (nSPS) is 13.2. The fourth-order valence-corrected chi connectivity index (χ4v) is 3.79. The van der Waals surface area contributed by atoms with Gasteiger partial charge in [-0.3, -0.25) is 5.32 Å². The van der Waals surface area contributed by atoms with Crippen molar-refractivity contribution >= 4 is 30.6 Å². The fraction of sp³-hybridized carbons (Fsp3) is 0.400. The number of nitrogens with zero attached hydrogens (tertiary/aromatic N) is 3. The molecular weight excluding hydrogens is 392 g/mol. The molecule has 6 nitrogen and oxygen atoms in total. The largest absolute Gasteiger partial charge is 0.374 e. The van der Waals surface area contributed by atoms with Crippen molar-refractivity contribution < 1.29 is 9.84 Å². The van der Waals surface area contributed by atoms with Gasteiger partial charge in [0.05, 0.1) is 11.7 Å². The van der Waals surface area contributed by atoms with Crippen LogP contribution in [-0.4, -0.2) is 41.6 Å². The van der Waals surface area contributed by atoms with Crippen molar-refractivity contribution in [1.82, 2.24) is 20.1 Å². The molecule has 0 radical (unpaired) electrons. The lowest BCUT2D eigenvalue weighted by Gasteiger charge is -2.15. The Kier molecular flexibility index (Phi) is 6.52. The highest BCUT2D eigenvalue weighted by atomic mass is 35.5. The van der Waals surface area contributed by atoms with Crippen molar-refractivity contribution in [2.75, 3.05) is 13.7 Å². The van der Waals surface area contributed by atoms with Gasteiger partial charge >= 0.3 is 0 Å². The van der Waals surface area contributed by atoms with Gasteiger partial charge in [-0.15, -0.1) is 0 Å². The summed E-state index contributed by atoms with van der Waals surface area (Å²) in [4.78, 5) is 4.21. The Labute approximate surface area is 171 Å². The van der Waals surface area contributed by atoms with Gasteiger partial charge in [-0.1, -0.05) is 55.5 Å². The minimum absolute atomic E-state index is 0.376. The number of rotatable bonds is 8. The topological polar surface area (TPSA) is 72.2 Å². The summed E-state index contributed by atoms with van der Waals surface area (Å²) in [6.45, 7) is 8.10. The summed E-state index contributed by atoms with van der Waals surface area (Å²) in [6.07, 6.45) is 1.04. The summed E-state index contributed by atoms with van der Waals surface area (Å²) in [7, 11) is 0.581. The number of hydrogen-bond donors (Lipinski definition) is 2. The zero-order valence-corrected chi connectivity index (χ0v) is 18.5. The van der Waals surface area contributed by atoms with E-state index in [1.165, 1.54) is 0 Å². The highest BCUT2D eigenvalue weighted by molar-refractivity contribution is 6.76. The molecule has 3 rings (SSSR count). The van der Waals surface area contributed by atoms with Crippen LogP contribution in [0.5, 0.6) is 0 Å². The fourth-order valence-electron chi connectivity index (χ4n) is 2.88. The lowest BCUT2D eigenvalue weighted by atomic mass is 10.1. The second-order valence-electron chi connectivity index (χ2n) is 8.03. The van der Waals surface area contributed by atoms with E-state index >= 15 is 0 Å².